The van der Waals surface area contributed by atoms with Crippen molar-refractivity contribution in [3.8, 4) is 17.3 Å². The third kappa shape index (κ3) is 4.78. The molecule has 1 amide bonds. The van der Waals surface area contributed by atoms with Crippen LogP contribution < -0.4 is 10.2 Å². The predicted molar refractivity (Wildman–Crippen MR) is 129 cm³/mol. The molecule has 5 rings (SSSR count). The first-order valence-corrected chi connectivity index (χ1v) is 11.7. The fraction of sp³-hybridized carbons (Fsp3) is 0.333. The molecule has 2 fully saturated rings. The molecule has 3 aromatic rings. The van der Waals surface area contributed by atoms with Crippen LogP contribution >= 0.6 is 0 Å². The summed E-state index contributed by atoms with van der Waals surface area (Å²) in [5, 5.41) is 11.1. The standard InChI is InChI=1S/C27H27N5O2/c28-13-15-30-26(33)22-6-4-21(5-7-22)24-10-14-29-25(31-24)18-20-2-8-23(9-3-20)32-16-1-11-27(19-32)12-17-34-27/h2-10,14H,1,11-12,15-19H2,(H,30,33)/t27-/m1/s1. The fourth-order valence-electron chi connectivity index (χ4n) is 4.70. The molecule has 1 aromatic heterocycles. The minimum atomic E-state index is -0.264. The highest BCUT2D eigenvalue weighted by Crippen LogP contribution is 2.37. The van der Waals surface area contributed by atoms with Crippen molar-refractivity contribution in [2.24, 2.45) is 0 Å². The summed E-state index contributed by atoms with van der Waals surface area (Å²) < 4.78 is 5.91. The van der Waals surface area contributed by atoms with Crippen molar-refractivity contribution in [1.29, 1.82) is 5.26 Å². The Morgan fingerprint density at radius 3 is 2.62 bits per heavy atom. The normalized spacial score (nSPS) is 19.3. The van der Waals surface area contributed by atoms with Crippen LogP contribution in [0.2, 0.25) is 0 Å². The van der Waals surface area contributed by atoms with Gasteiger partial charge in [0.05, 0.1) is 24.0 Å². The molecule has 7 heteroatoms. The van der Waals surface area contributed by atoms with E-state index in [1.165, 1.54) is 24.9 Å². The molecule has 1 N–H and O–H groups in total. The lowest BCUT2D eigenvalue weighted by atomic mass is 9.85. The number of benzene rings is 2. The van der Waals surface area contributed by atoms with Gasteiger partial charge in [-0.2, -0.15) is 5.26 Å². The molecule has 2 saturated heterocycles. The van der Waals surface area contributed by atoms with Gasteiger partial charge in [-0.25, -0.2) is 9.97 Å². The Bertz CT molecular complexity index is 1200. The summed E-state index contributed by atoms with van der Waals surface area (Å²) in [5.74, 6) is 0.487. The highest BCUT2D eigenvalue weighted by molar-refractivity contribution is 5.94. The van der Waals surface area contributed by atoms with E-state index in [0.717, 1.165) is 42.3 Å². The van der Waals surface area contributed by atoms with Gasteiger partial charge in [0.15, 0.2) is 0 Å². The first-order chi connectivity index (χ1) is 16.6. The maximum absolute atomic E-state index is 12.0. The number of aromatic nitrogens is 2. The number of hydrogen-bond acceptors (Lipinski definition) is 6. The first kappa shape index (κ1) is 22.1. The Kier molecular flexibility index (Phi) is 6.24. The molecular weight excluding hydrogens is 426 g/mol. The van der Waals surface area contributed by atoms with Crippen LogP contribution in [0.15, 0.2) is 60.8 Å². The SMILES string of the molecule is N#CCNC(=O)c1ccc(-c2ccnc(Cc3ccc(N4CCC[C@@]5(CCO5)C4)cc3)n2)cc1. The number of ether oxygens (including phenoxy) is 1. The number of carbonyl (C=O) groups is 1. The second kappa shape index (κ2) is 9.62. The highest BCUT2D eigenvalue weighted by Gasteiger charge is 2.42. The lowest BCUT2D eigenvalue weighted by molar-refractivity contribution is -0.150. The summed E-state index contributed by atoms with van der Waals surface area (Å²) in [7, 11) is 0. The molecule has 7 nitrogen and oxygen atoms in total. The zero-order valence-corrected chi connectivity index (χ0v) is 19.0. The number of piperidine rings is 1. The van der Waals surface area contributed by atoms with Gasteiger partial charge in [0, 0.05) is 48.9 Å². The summed E-state index contributed by atoms with van der Waals surface area (Å²) in [6, 6.07) is 19.7. The number of nitrogens with zero attached hydrogens (tertiary/aromatic N) is 4. The third-order valence-corrected chi connectivity index (χ3v) is 6.65. The van der Waals surface area contributed by atoms with Gasteiger partial charge < -0.3 is 15.0 Å². The fourth-order valence-corrected chi connectivity index (χ4v) is 4.70. The van der Waals surface area contributed by atoms with E-state index in [2.05, 4.69) is 39.5 Å². The van der Waals surface area contributed by atoms with Crippen molar-refractivity contribution >= 4 is 11.6 Å². The summed E-state index contributed by atoms with van der Waals surface area (Å²) in [6.07, 6.45) is 5.94. The van der Waals surface area contributed by atoms with E-state index in [-0.39, 0.29) is 18.1 Å². The van der Waals surface area contributed by atoms with E-state index in [4.69, 9.17) is 15.0 Å². The average molecular weight is 454 g/mol. The quantitative estimate of drug-likeness (QED) is 0.572. The van der Waals surface area contributed by atoms with Gasteiger partial charge >= 0.3 is 0 Å². The number of amides is 1. The van der Waals surface area contributed by atoms with Crippen LogP contribution in [-0.4, -0.2) is 47.7 Å². The van der Waals surface area contributed by atoms with E-state index in [0.29, 0.717) is 12.0 Å². The highest BCUT2D eigenvalue weighted by atomic mass is 16.5. The third-order valence-electron chi connectivity index (χ3n) is 6.65. The summed E-state index contributed by atoms with van der Waals surface area (Å²) in [4.78, 5) is 23.6. The van der Waals surface area contributed by atoms with Gasteiger partial charge in [0.1, 0.15) is 12.4 Å². The molecule has 2 aliphatic rings. The molecule has 3 heterocycles. The van der Waals surface area contributed by atoms with Crippen LogP contribution in [0, 0.1) is 11.3 Å². The molecule has 0 saturated carbocycles. The molecule has 0 radical (unpaired) electrons. The minimum absolute atomic E-state index is 0.00986. The lowest BCUT2D eigenvalue weighted by Crippen LogP contribution is -2.56. The number of hydrogen-bond donors (Lipinski definition) is 1. The number of carbonyl (C=O) groups excluding carboxylic acids is 1. The molecule has 0 bridgehead atoms. The Morgan fingerprint density at radius 1 is 1.12 bits per heavy atom. The van der Waals surface area contributed by atoms with Crippen molar-refractivity contribution < 1.29 is 9.53 Å². The summed E-state index contributed by atoms with van der Waals surface area (Å²) in [6.45, 7) is 2.95. The molecular formula is C27H27N5O2. The van der Waals surface area contributed by atoms with Crippen molar-refractivity contribution in [1.82, 2.24) is 15.3 Å². The van der Waals surface area contributed by atoms with E-state index in [1.807, 2.05) is 24.3 Å². The lowest BCUT2D eigenvalue weighted by Gasteiger charge is -2.49. The monoisotopic (exact) mass is 453 g/mol. The molecule has 0 unspecified atom stereocenters. The summed E-state index contributed by atoms with van der Waals surface area (Å²) in [5.41, 5.74) is 4.72. The molecule has 0 aliphatic carbocycles. The van der Waals surface area contributed by atoms with Crippen molar-refractivity contribution in [2.75, 3.05) is 31.1 Å². The van der Waals surface area contributed by atoms with Crippen LogP contribution in [0.25, 0.3) is 11.3 Å². The second-order valence-corrected chi connectivity index (χ2v) is 8.93. The van der Waals surface area contributed by atoms with Gasteiger partial charge in [0.2, 0.25) is 0 Å². The van der Waals surface area contributed by atoms with Gasteiger partial charge in [-0.05, 0) is 48.7 Å². The average Bonchev–Trinajstić information content (AvgIpc) is 2.87. The molecule has 2 aliphatic heterocycles. The van der Waals surface area contributed by atoms with E-state index >= 15 is 0 Å². The maximum atomic E-state index is 12.0. The number of rotatable bonds is 6. The molecule has 34 heavy (non-hydrogen) atoms. The topological polar surface area (TPSA) is 91.1 Å². The Hall–Kier alpha value is -3.76. The molecule has 2 aromatic carbocycles. The summed E-state index contributed by atoms with van der Waals surface area (Å²) >= 11 is 0. The number of nitriles is 1. The Morgan fingerprint density at radius 2 is 1.91 bits per heavy atom. The van der Waals surface area contributed by atoms with Crippen molar-refractivity contribution in [2.45, 2.75) is 31.3 Å². The minimum Gasteiger partial charge on any atom is -0.373 e. The van der Waals surface area contributed by atoms with Gasteiger partial charge in [-0.3, -0.25) is 4.79 Å². The smallest absolute Gasteiger partial charge is 0.252 e. The Balaban J connectivity index is 1.24. The van der Waals surface area contributed by atoms with Gasteiger partial charge in [-0.15, -0.1) is 0 Å². The Labute approximate surface area is 199 Å². The van der Waals surface area contributed by atoms with Gasteiger partial charge in [-0.1, -0.05) is 24.3 Å². The predicted octanol–water partition coefficient (Wildman–Crippen LogP) is 3.75. The van der Waals surface area contributed by atoms with Crippen LogP contribution in [-0.2, 0) is 11.2 Å². The number of nitrogens with one attached hydrogen (secondary N) is 1. The largest absolute Gasteiger partial charge is 0.373 e. The van der Waals surface area contributed by atoms with Crippen LogP contribution in [0.4, 0.5) is 5.69 Å². The van der Waals surface area contributed by atoms with Crippen LogP contribution in [0.3, 0.4) is 0 Å². The molecule has 1 spiro atoms. The van der Waals surface area contributed by atoms with E-state index in [1.54, 1.807) is 18.3 Å². The van der Waals surface area contributed by atoms with E-state index < -0.39 is 0 Å². The zero-order valence-electron chi connectivity index (χ0n) is 19.0. The van der Waals surface area contributed by atoms with Crippen LogP contribution in [0.5, 0.6) is 0 Å². The molecule has 172 valence electrons. The first-order valence-electron chi connectivity index (χ1n) is 11.7. The molecule has 1 atom stereocenters. The maximum Gasteiger partial charge on any atom is 0.252 e. The van der Waals surface area contributed by atoms with Crippen molar-refractivity contribution in [3.05, 3.63) is 77.7 Å². The number of anilines is 1. The second-order valence-electron chi connectivity index (χ2n) is 8.93. The zero-order chi connectivity index (χ0) is 23.4. The van der Waals surface area contributed by atoms with Crippen LogP contribution in [0.1, 0.15) is 41.0 Å². The van der Waals surface area contributed by atoms with Gasteiger partial charge in [0.25, 0.3) is 5.91 Å². The van der Waals surface area contributed by atoms with E-state index in [9.17, 15) is 4.79 Å². The van der Waals surface area contributed by atoms with Crippen molar-refractivity contribution in [3.63, 3.8) is 0 Å².